The molecular weight excluding hydrogens is 595 g/mol. The molecule has 0 radical (unpaired) electrons. The third-order valence-electron chi connectivity index (χ3n) is 7.53. The third kappa shape index (κ3) is 6.67. The molecule has 2 saturated heterocycles. The van der Waals surface area contributed by atoms with Crippen LogP contribution in [-0.4, -0.2) is 91.6 Å². The lowest BCUT2D eigenvalue weighted by molar-refractivity contribution is -0.140. The molecule has 2 aromatic rings. The van der Waals surface area contributed by atoms with E-state index in [4.69, 9.17) is 23.2 Å². The number of hydrogen-bond donors (Lipinski definition) is 0. The Morgan fingerprint density at radius 2 is 1.73 bits per heavy atom. The standard InChI is InChI=1S/C26H30Cl2F4N4O3S/c1-16-12-34(8-9-36(16)40(3,38)39)25(37)35-14-19(18-5-7-21(27)22(28)11-18)24(15-35)33(2)13-17-4-6-20(23(29)10-17)26(30,31)32/h4-7,10-11,16,19,24H,8-9,12-15H2,1-3H3/t16-,19+,24+/m0/s1. The maximum absolute atomic E-state index is 14.2. The zero-order valence-corrected chi connectivity index (χ0v) is 24.5. The van der Waals surface area contributed by atoms with Gasteiger partial charge in [0, 0.05) is 57.3 Å². The molecule has 3 atom stereocenters. The van der Waals surface area contributed by atoms with E-state index in [0.717, 1.165) is 24.0 Å². The zero-order chi connectivity index (χ0) is 29.6. The van der Waals surface area contributed by atoms with Crippen LogP contribution in [0.25, 0.3) is 0 Å². The Labute approximate surface area is 241 Å². The minimum atomic E-state index is -4.79. The number of hydrogen-bond acceptors (Lipinski definition) is 4. The Kier molecular flexibility index (Phi) is 8.97. The second-order valence-corrected chi connectivity index (χ2v) is 13.2. The van der Waals surface area contributed by atoms with Crippen LogP contribution in [0.4, 0.5) is 22.4 Å². The van der Waals surface area contributed by atoms with Gasteiger partial charge in [-0.1, -0.05) is 35.3 Å². The average molecular weight is 626 g/mol. The smallest absolute Gasteiger partial charge is 0.322 e. The molecule has 2 amide bonds. The van der Waals surface area contributed by atoms with E-state index in [-0.39, 0.29) is 50.2 Å². The van der Waals surface area contributed by atoms with Crippen LogP contribution in [0.5, 0.6) is 0 Å². The lowest BCUT2D eigenvalue weighted by atomic mass is 9.93. The number of urea groups is 1. The Morgan fingerprint density at radius 3 is 2.30 bits per heavy atom. The van der Waals surface area contributed by atoms with Crippen molar-refractivity contribution in [1.29, 1.82) is 0 Å². The van der Waals surface area contributed by atoms with Crippen LogP contribution >= 0.6 is 23.2 Å². The van der Waals surface area contributed by atoms with Crippen molar-refractivity contribution in [1.82, 2.24) is 19.0 Å². The first-order valence-corrected chi connectivity index (χ1v) is 15.2. The van der Waals surface area contributed by atoms with E-state index in [2.05, 4.69) is 0 Å². The van der Waals surface area contributed by atoms with Gasteiger partial charge >= 0.3 is 12.2 Å². The highest BCUT2D eigenvalue weighted by Crippen LogP contribution is 2.36. The highest BCUT2D eigenvalue weighted by molar-refractivity contribution is 7.88. The number of carbonyl (C=O) groups excluding carboxylic acids is 1. The van der Waals surface area contributed by atoms with Crippen LogP contribution in [0, 0.1) is 5.82 Å². The largest absolute Gasteiger partial charge is 0.419 e. The summed E-state index contributed by atoms with van der Waals surface area (Å²) in [4.78, 5) is 18.8. The van der Waals surface area contributed by atoms with Crippen LogP contribution in [0.15, 0.2) is 36.4 Å². The van der Waals surface area contributed by atoms with Crippen molar-refractivity contribution >= 4 is 39.3 Å². The summed E-state index contributed by atoms with van der Waals surface area (Å²) in [5, 5.41) is 0.722. The fourth-order valence-electron chi connectivity index (χ4n) is 5.56. The Bertz CT molecular complexity index is 1380. The van der Waals surface area contributed by atoms with Crippen LogP contribution in [-0.2, 0) is 22.7 Å². The number of benzene rings is 2. The fraction of sp³-hybridized carbons (Fsp3) is 0.500. The molecule has 0 aromatic heterocycles. The Balaban J connectivity index is 1.56. The molecular formula is C26H30Cl2F4N4O3S. The van der Waals surface area contributed by atoms with Crippen LogP contribution in [0.1, 0.15) is 29.5 Å². The number of piperazine rings is 1. The molecule has 40 heavy (non-hydrogen) atoms. The van der Waals surface area contributed by atoms with Gasteiger partial charge < -0.3 is 9.80 Å². The van der Waals surface area contributed by atoms with E-state index in [1.54, 1.807) is 35.9 Å². The van der Waals surface area contributed by atoms with Crippen LogP contribution in [0.2, 0.25) is 10.0 Å². The van der Waals surface area contributed by atoms with Gasteiger partial charge in [-0.3, -0.25) is 4.90 Å². The number of likely N-dealkylation sites (N-methyl/N-ethyl adjacent to an activating group) is 1. The van der Waals surface area contributed by atoms with Gasteiger partial charge in [-0.25, -0.2) is 17.6 Å². The quantitative estimate of drug-likeness (QED) is 0.432. The summed E-state index contributed by atoms with van der Waals surface area (Å²) in [7, 11) is -1.63. The van der Waals surface area contributed by atoms with E-state index in [0.29, 0.717) is 28.7 Å². The molecule has 0 N–H and O–H groups in total. The lowest BCUT2D eigenvalue weighted by Crippen LogP contribution is -2.57. The molecule has 2 aromatic carbocycles. The molecule has 7 nitrogen and oxygen atoms in total. The van der Waals surface area contributed by atoms with Gasteiger partial charge in [0.15, 0.2) is 0 Å². The maximum Gasteiger partial charge on any atom is 0.419 e. The second-order valence-electron chi connectivity index (χ2n) is 10.4. The third-order valence-corrected chi connectivity index (χ3v) is 9.66. The number of alkyl halides is 3. The molecule has 220 valence electrons. The van der Waals surface area contributed by atoms with E-state index in [9.17, 15) is 30.8 Å². The van der Waals surface area contributed by atoms with Crippen molar-refractivity contribution in [3.8, 4) is 0 Å². The van der Waals surface area contributed by atoms with Gasteiger partial charge in [-0.2, -0.15) is 17.5 Å². The summed E-state index contributed by atoms with van der Waals surface area (Å²) < 4.78 is 78.8. The number of amides is 2. The number of halogens is 6. The van der Waals surface area contributed by atoms with Gasteiger partial charge in [-0.15, -0.1) is 0 Å². The van der Waals surface area contributed by atoms with Crippen molar-refractivity contribution in [2.75, 3.05) is 46.0 Å². The molecule has 14 heteroatoms. The summed E-state index contributed by atoms with van der Waals surface area (Å²) in [5.41, 5.74) is -0.137. The van der Waals surface area contributed by atoms with E-state index >= 15 is 0 Å². The van der Waals surface area contributed by atoms with Gasteiger partial charge in [-0.05, 0) is 49.4 Å². The van der Waals surface area contributed by atoms with Gasteiger partial charge in [0.2, 0.25) is 10.0 Å². The van der Waals surface area contributed by atoms with Gasteiger partial charge in [0.1, 0.15) is 5.82 Å². The molecule has 2 aliphatic rings. The molecule has 0 bridgehead atoms. The van der Waals surface area contributed by atoms with Crippen LogP contribution in [0.3, 0.4) is 0 Å². The Hall–Kier alpha value is -2.12. The van der Waals surface area contributed by atoms with Crippen molar-refractivity contribution < 1.29 is 30.8 Å². The molecule has 2 fully saturated rings. The summed E-state index contributed by atoms with van der Waals surface area (Å²) in [5.74, 6) is -1.57. The first kappa shape index (κ1) is 30.8. The number of sulfonamides is 1. The highest BCUT2D eigenvalue weighted by Gasteiger charge is 2.42. The summed E-state index contributed by atoms with van der Waals surface area (Å²) >= 11 is 12.4. The van der Waals surface area contributed by atoms with Gasteiger partial charge in [0.25, 0.3) is 0 Å². The van der Waals surface area contributed by atoms with Crippen LogP contribution < -0.4 is 0 Å². The predicted octanol–water partition coefficient (Wildman–Crippen LogP) is 5.14. The monoisotopic (exact) mass is 624 g/mol. The first-order chi connectivity index (χ1) is 18.6. The number of carbonyl (C=O) groups is 1. The normalized spacial score (nSPS) is 22.8. The van der Waals surface area contributed by atoms with E-state index in [1.165, 1.54) is 10.4 Å². The maximum atomic E-state index is 14.2. The van der Waals surface area contributed by atoms with Crippen molar-refractivity contribution in [3.05, 3.63) is 69.0 Å². The molecule has 0 saturated carbocycles. The minimum absolute atomic E-state index is 0.143. The fourth-order valence-corrected chi connectivity index (χ4v) is 7.00. The molecule has 2 heterocycles. The second kappa shape index (κ2) is 11.6. The van der Waals surface area contributed by atoms with Crippen molar-refractivity contribution in [2.24, 2.45) is 0 Å². The average Bonchev–Trinajstić information content (AvgIpc) is 3.29. The number of rotatable bonds is 5. The molecule has 0 unspecified atom stereocenters. The van der Waals surface area contributed by atoms with E-state index in [1.807, 2.05) is 11.0 Å². The molecule has 4 rings (SSSR count). The molecule has 0 aliphatic carbocycles. The van der Waals surface area contributed by atoms with Gasteiger partial charge in [0.05, 0.1) is 21.9 Å². The summed E-state index contributed by atoms with van der Waals surface area (Å²) in [6.45, 7) is 3.20. The summed E-state index contributed by atoms with van der Waals surface area (Å²) in [6, 6.07) is 7.18. The van der Waals surface area contributed by atoms with Crippen molar-refractivity contribution in [3.63, 3.8) is 0 Å². The number of likely N-dealkylation sites (tertiary alicyclic amines) is 1. The topological polar surface area (TPSA) is 64.2 Å². The summed E-state index contributed by atoms with van der Waals surface area (Å²) in [6.07, 6.45) is -3.64. The predicted molar refractivity (Wildman–Crippen MR) is 145 cm³/mol. The molecule has 0 spiro atoms. The zero-order valence-electron chi connectivity index (χ0n) is 22.1. The highest BCUT2D eigenvalue weighted by atomic mass is 35.5. The lowest BCUT2D eigenvalue weighted by Gasteiger charge is -2.39. The molecule has 2 aliphatic heterocycles. The van der Waals surface area contributed by atoms with E-state index < -0.39 is 27.6 Å². The SMILES string of the molecule is C[C@H]1CN(C(=O)N2C[C@H](c3ccc(Cl)c(Cl)c3)[C@H](N(C)Cc3ccc(C(F)(F)F)c(F)c3)C2)CCN1S(C)(=O)=O. The minimum Gasteiger partial charge on any atom is -0.322 e. The van der Waals surface area contributed by atoms with Crippen molar-refractivity contribution in [2.45, 2.75) is 37.6 Å². The first-order valence-electron chi connectivity index (χ1n) is 12.6. The Morgan fingerprint density at radius 1 is 1.02 bits per heavy atom. The number of nitrogens with zero attached hydrogens (tertiary/aromatic N) is 4.